The molecule has 86 valence electrons. The average Bonchev–Trinajstić information content (AvgIpc) is 2.29. The van der Waals surface area contributed by atoms with Gasteiger partial charge in [-0.1, -0.05) is 49.5 Å². The van der Waals surface area contributed by atoms with E-state index in [2.05, 4.69) is 5.32 Å². The van der Waals surface area contributed by atoms with Crippen LogP contribution >= 0.6 is 12.2 Å². The van der Waals surface area contributed by atoms with Gasteiger partial charge < -0.3 is 10.4 Å². The fraction of sp³-hybridized carbons (Fsp3) is 0.333. The molecule has 0 heterocycles. The van der Waals surface area contributed by atoms with Crippen LogP contribution in [0, 0.1) is 0 Å². The molecule has 0 bridgehead atoms. The van der Waals surface area contributed by atoms with Gasteiger partial charge in [-0.25, -0.2) is 4.79 Å². The smallest absolute Gasteiger partial charge is 0.326 e. The largest absolute Gasteiger partial charge is 0.480 e. The summed E-state index contributed by atoms with van der Waals surface area (Å²) < 4.78 is 0. The number of aliphatic carboxylic acids is 1. The lowest BCUT2D eigenvalue weighted by Crippen LogP contribution is -2.41. The minimum absolute atomic E-state index is 0.441. The molecule has 4 heteroatoms. The topological polar surface area (TPSA) is 49.3 Å². The molecule has 0 fully saturated rings. The van der Waals surface area contributed by atoms with Crippen LogP contribution in [0.3, 0.4) is 0 Å². The molecule has 1 aromatic rings. The van der Waals surface area contributed by atoms with Crippen LogP contribution in [0.2, 0.25) is 0 Å². The molecule has 3 nitrogen and oxygen atoms in total. The third-order valence-corrected chi connectivity index (χ3v) is 2.64. The number of nitrogens with one attached hydrogen (secondary N) is 1. The van der Waals surface area contributed by atoms with E-state index in [1.54, 1.807) is 0 Å². The summed E-state index contributed by atoms with van der Waals surface area (Å²) in [5.74, 6) is -0.875. The lowest BCUT2D eigenvalue weighted by Gasteiger charge is -2.15. The Labute approximate surface area is 100 Å². The van der Waals surface area contributed by atoms with E-state index in [0.717, 1.165) is 5.56 Å². The van der Waals surface area contributed by atoms with Crippen LogP contribution in [-0.2, 0) is 11.2 Å². The monoisotopic (exact) mass is 237 g/mol. The van der Waals surface area contributed by atoms with Crippen LogP contribution in [0.5, 0.6) is 0 Å². The van der Waals surface area contributed by atoms with Crippen molar-refractivity contribution in [2.75, 3.05) is 0 Å². The predicted molar refractivity (Wildman–Crippen MR) is 67.6 cm³/mol. The van der Waals surface area contributed by atoms with Crippen molar-refractivity contribution in [2.45, 2.75) is 25.8 Å². The van der Waals surface area contributed by atoms with E-state index >= 15 is 0 Å². The Bertz CT molecular complexity index is 365. The van der Waals surface area contributed by atoms with Crippen molar-refractivity contribution >= 4 is 23.2 Å². The zero-order chi connectivity index (χ0) is 12.0. The summed E-state index contributed by atoms with van der Waals surface area (Å²) in [4.78, 5) is 11.6. The fourth-order valence-corrected chi connectivity index (χ4v) is 1.49. The predicted octanol–water partition coefficient (Wildman–Crippen LogP) is 2.01. The average molecular weight is 237 g/mol. The highest BCUT2D eigenvalue weighted by Gasteiger charge is 2.17. The lowest BCUT2D eigenvalue weighted by atomic mass is 10.1. The number of thiocarbonyl (C=S) groups is 1. The molecule has 2 N–H and O–H groups in total. The highest BCUT2D eigenvalue weighted by atomic mass is 32.1. The Kier molecular flexibility index (Phi) is 4.92. The van der Waals surface area contributed by atoms with E-state index < -0.39 is 12.0 Å². The van der Waals surface area contributed by atoms with Gasteiger partial charge in [-0.05, 0) is 12.0 Å². The molecule has 0 aliphatic heterocycles. The van der Waals surface area contributed by atoms with Gasteiger partial charge in [0.15, 0.2) is 0 Å². The molecule has 1 unspecified atom stereocenters. The summed E-state index contributed by atoms with van der Waals surface area (Å²) in [5.41, 5.74) is 0.987. The van der Waals surface area contributed by atoms with Gasteiger partial charge in [0.05, 0.1) is 4.99 Å². The Hall–Kier alpha value is -1.42. The third-order valence-electron chi connectivity index (χ3n) is 2.24. The van der Waals surface area contributed by atoms with Crippen molar-refractivity contribution in [3.63, 3.8) is 0 Å². The number of benzene rings is 1. The highest BCUT2D eigenvalue weighted by molar-refractivity contribution is 7.80. The Balaban J connectivity index is 2.65. The van der Waals surface area contributed by atoms with E-state index in [0.29, 0.717) is 17.8 Å². The summed E-state index contributed by atoms with van der Waals surface area (Å²) in [6.07, 6.45) is 1.10. The second-order valence-electron chi connectivity index (χ2n) is 3.50. The first kappa shape index (κ1) is 12.6. The lowest BCUT2D eigenvalue weighted by molar-refractivity contribution is -0.139. The number of rotatable bonds is 5. The number of carboxylic acids is 1. The summed E-state index contributed by atoms with van der Waals surface area (Å²) in [6, 6.07) is 8.87. The van der Waals surface area contributed by atoms with Gasteiger partial charge in [0, 0.05) is 6.42 Å². The van der Waals surface area contributed by atoms with Crippen molar-refractivity contribution in [1.82, 2.24) is 5.32 Å². The maximum absolute atomic E-state index is 11.0. The van der Waals surface area contributed by atoms with Crippen LogP contribution < -0.4 is 5.32 Å². The van der Waals surface area contributed by atoms with Crippen molar-refractivity contribution in [1.29, 1.82) is 0 Å². The van der Waals surface area contributed by atoms with Crippen molar-refractivity contribution in [3.05, 3.63) is 35.9 Å². The summed E-state index contributed by atoms with van der Waals surface area (Å²) in [7, 11) is 0. The molecule has 0 amide bonds. The normalized spacial score (nSPS) is 11.8. The minimum atomic E-state index is -0.875. The van der Waals surface area contributed by atoms with Gasteiger partial charge in [-0.2, -0.15) is 0 Å². The van der Waals surface area contributed by atoms with Gasteiger partial charge in [0.25, 0.3) is 0 Å². The Morgan fingerprint density at radius 3 is 2.56 bits per heavy atom. The van der Waals surface area contributed by atoms with Crippen molar-refractivity contribution in [3.8, 4) is 0 Å². The minimum Gasteiger partial charge on any atom is -0.480 e. The number of hydrogen-bond acceptors (Lipinski definition) is 2. The second kappa shape index (κ2) is 6.23. The molecule has 1 aromatic carbocycles. The molecule has 1 rings (SSSR count). The highest BCUT2D eigenvalue weighted by Crippen LogP contribution is 2.04. The van der Waals surface area contributed by atoms with Crippen LogP contribution in [0.15, 0.2) is 30.3 Å². The standard InChI is InChI=1S/C12H15NO2S/c1-2-11(16)13-10(12(14)15)8-9-6-4-3-5-7-9/h3-7,10H,2,8H2,1H3,(H,13,16)(H,14,15). The molecule has 0 spiro atoms. The summed E-state index contributed by atoms with van der Waals surface area (Å²) >= 11 is 4.99. The first-order valence-corrected chi connectivity index (χ1v) is 5.60. The number of hydrogen-bond donors (Lipinski definition) is 2. The Morgan fingerprint density at radius 1 is 1.44 bits per heavy atom. The van der Waals surface area contributed by atoms with Gasteiger partial charge in [-0.3, -0.25) is 0 Å². The second-order valence-corrected chi connectivity index (χ2v) is 3.99. The third kappa shape index (κ3) is 3.98. The zero-order valence-corrected chi connectivity index (χ0v) is 9.96. The van der Waals surface area contributed by atoms with E-state index in [1.165, 1.54) is 0 Å². The first-order valence-electron chi connectivity index (χ1n) is 5.19. The van der Waals surface area contributed by atoms with Crippen LogP contribution in [0.1, 0.15) is 18.9 Å². The number of carbonyl (C=O) groups is 1. The Morgan fingerprint density at radius 2 is 2.06 bits per heavy atom. The van der Waals surface area contributed by atoms with E-state index in [4.69, 9.17) is 17.3 Å². The maximum Gasteiger partial charge on any atom is 0.326 e. The summed E-state index contributed by atoms with van der Waals surface area (Å²) in [6.45, 7) is 1.90. The first-order chi connectivity index (χ1) is 7.63. The number of carboxylic acid groups (broad SMARTS) is 1. The van der Waals surface area contributed by atoms with Crippen LogP contribution in [-0.4, -0.2) is 22.1 Å². The van der Waals surface area contributed by atoms with Gasteiger partial charge in [-0.15, -0.1) is 0 Å². The molecule has 1 atom stereocenters. The molecule has 0 radical (unpaired) electrons. The van der Waals surface area contributed by atoms with Gasteiger partial charge >= 0.3 is 5.97 Å². The molecule has 0 saturated carbocycles. The van der Waals surface area contributed by atoms with E-state index in [-0.39, 0.29) is 0 Å². The SMILES string of the molecule is CCC(=S)NC(Cc1ccccc1)C(=O)O. The molecule has 0 aromatic heterocycles. The van der Waals surface area contributed by atoms with Crippen molar-refractivity contribution < 1.29 is 9.90 Å². The van der Waals surface area contributed by atoms with Gasteiger partial charge in [0.2, 0.25) is 0 Å². The van der Waals surface area contributed by atoms with Crippen LogP contribution in [0.4, 0.5) is 0 Å². The summed E-state index contributed by atoms with van der Waals surface area (Å²) in [5, 5.41) is 11.9. The zero-order valence-electron chi connectivity index (χ0n) is 9.14. The molecular formula is C12H15NO2S. The molecule has 0 saturated heterocycles. The molecule has 0 aliphatic rings. The van der Waals surface area contributed by atoms with E-state index in [1.807, 2.05) is 37.3 Å². The van der Waals surface area contributed by atoms with Crippen molar-refractivity contribution in [2.24, 2.45) is 0 Å². The molecular weight excluding hydrogens is 222 g/mol. The van der Waals surface area contributed by atoms with Crippen LogP contribution in [0.25, 0.3) is 0 Å². The molecule has 0 aliphatic carbocycles. The van der Waals surface area contributed by atoms with Gasteiger partial charge in [0.1, 0.15) is 6.04 Å². The fourth-order valence-electron chi connectivity index (χ4n) is 1.35. The van der Waals surface area contributed by atoms with E-state index in [9.17, 15) is 4.79 Å². The quantitative estimate of drug-likeness (QED) is 0.769. The maximum atomic E-state index is 11.0. The molecule has 16 heavy (non-hydrogen) atoms.